The van der Waals surface area contributed by atoms with Gasteiger partial charge in [-0.1, -0.05) is 42.5 Å². The first kappa shape index (κ1) is 22.7. The molecule has 0 radical (unpaired) electrons. The van der Waals surface area contributed by atoms with E-state index in [-0.39, 0.29) is 6.04 Å². The summed E-state index contributed by atoms with van der Waals surface area (Å²) in [7, 11) is 4.33. The number of rotatable bonds is 8. The van der Waals surface area contributed by atoms with Crippen LogP contribution in [-0.4, -0.2) is 98.3 Å². The maximum absolute atomic E-state index is 5.17. The zero-order valence-electron chi connectivity index (χ0n) is 20.4. The summed E-state index contributed by atoms with van der Waals surface area (Å²) in [6.07, 6.45) is 10.1. The maximum Gasteiger partial charge on any atom is 0.0780 e. The number of fused-ring (bicyclic) bond motifs is 2. The van der Waals surface area contributed by atoms with Gasteiger partial charge in [-0.3, -0.25) is 14.8 Å². The molecule has 0 aromatic heterocycles. The van der Waals surface area contributed by atoms with Crippen molar-refractivity contribution < 1.29 is 0 Å². The molecule has 3 aliphatic heterocycles. The molecule has 0 saturated carbocycles. The second kappa shape index (κ2) is 10.5. The second-order valence-electron chi connectivity index (χ2n) is 10.1. The lowest BCUT2D eigenvalue weighted by atomic mass is 9.86. The van der Waals surface area contributed by atoms with Crippen molar-refractivity contribution in [3.05, 3.63) is 71.0 Å². The van der Waals surface area contributed by atoms with E-state index in [1.165, 1.54) is 73.8 Å². The first-order valence-electron chi connectivity index (χ1n) is 12.8. The molecule has 0 amide bonds. The number of piperazine rings is 1. The minimum atomic E-state index is 0.279. The Morgan fingerprint density at radius 3 is 2.42 bits per heavy atom. The molecule has 1 aromatic carbocycles. The van der Waals surface area contributed by atoms with Crippen molar-refractivity contribution in [2.75, 3.05) is 73.0 Å². The quantitative estimate of drug-likeness (QED) is 0.611. The van der Waals surface area contributed by atoms with Crippen LogP contribution in [-0.2, 0) is 0 Å². The lowest BCUT2D eigenvalue weighted by molar-refractivity contribution is 0.111. The number of hydrogen-bond donors (Lipinski definition) is 0. The summed E-state index contributed by atoms with van der Waals surface area (Å²) in [5, 5.41) is 0. The van der Waals surface area contributed by atoms with Gasteiger partial charge in [0.2, 0.25) is 0 Å². The molecule has 176 valence electrons. The van der Waals surface area contributed by atoms with E-state index >= 15 is 0 Å². The van der Waals surface area contributed by atoms with Gasteiger partial charge in [0.05, 0.1) is 17.5 Å². The summed E-state index contributed by atoms with van der Waals surface area (Å²) >= 11 is 0. The van der Waals surface area contributed by atoms with Crippen LogP contribution < -0.4 is 0 Å². The van der Waals surface area contributed by atoms with E-state index in [0.29, 0.717) is 0 Å². The molecule has 0 bridgehead atoms. The van der Waals surface area contributed by atoms with Gasteiger partial charge in [-0.2, -0.15) is 0 Å². The van der Waals surface area contributed by atoms with Crippen molar-refractivity contribution in [3.8, 4) is 0 Å². The van der Waals surface area contributed by atoms with Crippen LogP contribution in [0.15, 0.2) is 70.4 Å². The fourth-order valence-electron chi connectivity index (χ4n) is 5.71. The molecule has 33 heavy (non-hydrogen) atoms. The Bertz CT molecular complexity index is 934. The van der Waals surface area contributed by atoms with Crippen molar-refractivity contribution in [2.45, 2.75) is 25.3 Å². The van der Waals surface area contributed by atoms with Crippen molar-refractivity contribution in [1.82, 2.24) is 19.6 Å². The Kier molecular flexibility index (Phi) is 7.21. The predicted octanol–water partition coefficient (Wildman–Crippen LogP) is 3.60. The van der Waals surface area contributed by atoms with Crippen LogP contribution in [0.1, 0.15) is 30.9 Å². The highest BCUT2D eigenvalue weighted by Gasteiger charge is 2.37. The molecule has 1 aliphatic carbocycles. The summed E-state index contributed by atoms with van der Waals surface area (Å²) in [6.45, 7) is 10.6. The van der Waals surface area contributed by atoms with E-state index in [1.54, 1.807) is 0 Å². The SMILES string of the molecule is CN(C)CCCN1CCN(CCN2CCC3=C4CC=CC=C4N=C3C2c2ccccc2)CC1. The lowest BCUT2D eigenvalue weighted by Gasteiger charge is -2.40. The molecule has 5 rings (SSSR count). The minimum Gasteiger partial charge on any atom is -0.309 e. The first-order valence-corrected chi connectivity index (χ1v) is 12.8. The molecule has 0 N–H and O–H groups in total. The normalized spacial score (nSPS) is 24.2. The standard InChI is InChI=1S/C28H39N5/c1-30(2)14-8-15-31-17-19-32(20-18-31)21-22-33-16-13-25-24-11-6-7-12-26(24)29-27(25)28(33)23-9-4-3-5-10-23/h3-7,9-10,12,28H,8,11,13-22H2,1-2H3. The third-order valence-corrected chi connectivity index (χ3v) is 7.57. The van der Waals surface area contributed by atoms with Crippen LogP contribution >= 0.6 is 0 Å². The summed E-state index contributed by atoms with van der Waals surface area (Å²) in [5.74, 6) is 0. The van der Waals surface area contributed by atoms with Crippen LogP contribution in [0.5, 0.6) is 0 Å². The topological polar surface area (TPSA) is 25.3 Å². The Morgan fingerprint density at radius 2 is 1.67 bits per heavy atom. The monoisotopic (exact) mass is 445 g/mol. The van der Waals surface area contributed by atoms with E-state index in [2.05, 4.69) is 82.3 Å². The van der Waals surface area contributed by atoms with Gasteiger partial charge in [0.25, 0.3) is 0 Å². The molecule has 5 nitrogen and oxygen atoms in total. The lowest BCUT2D eigenvalue weighted by Crippen LogP contribution is -2.50. The van der Waals surface area contributed by atoms with Crippen molar-refractivity contribution in [1.29, 1.82) is 0 Å². The molecule has 2 fully saturated rings. The van der Waals surface area contributed by atoms with E-state index in [0.717, 1.165) is 32.5 Å². The smallest absolute Gasteiger partial charge is 0.0780 e. The van der Waals surface area contributed by atoms with E-state index in [4.69, 9.17) is 4.99 Å². The number of likely N-dealkylation sites (tertiary alicyclic amines) is 1. The summed E-state index contributed by atoms with van der Waals surface area (Å²) < 4.78 is 0. The van der Waals surface area contributed by atoms with Gasteiger partial charge in [0, 0.05) is 45.8 Å². The largest absolute Gasteiger partial charge is 0.309 e. The Morgan fingerprint density at radius 1 is 0.909 bits per heavy atom. The average molecular weight is 446 g/mol. The molecular weight excluding hydrogens is 406 g/mol. The van der Waals surface area contributed by atoms with Crippen LogP contribution in [0.2, 0.25) is 0 Å². The van der Waals surface area contributed by atoms with E-state index in [9.17, 15) is 0 Å². The van der Waals surface area contributed by atoms with Crippen LogP contribution in [0.25, 0.3) is 0 Å². The number of nitrogens with zero attached hydrogens (tertiary/aromatic N) is 5. The van der Waals surface area contributed by atoms with Gasteiger partial charge in [-0.15, -0.1) is 0 Å². The molecule has 1 unspecified atom stereocenters. The number of allylic oxidation sites excluding steroid dienone is 4. The van der Waals surface area contributed by atoms with Crippen molar-refractivity contribution in [3.63, 3.8) is 0 Å². The van der Waals surface area contributed by atoms with E-state index < -0.39 is 0 Å². The molecule has 2 saturated heterocycles. The molecule has 4 aliphatic rings. The average Bonchev–Trinajstić information content (AvgIpc) is 3.22. The third-order valence-electron chi connectivity index (χ3n) is 7.57. The van der Waals surface area contributed by atoms with Gasteiger partial charge in [-0.05, 0) is 69.2 Å². The highest BCUT2D eigenvalue weighted by Crippen LogP contribution is 2.41. The summed E-state index contributed by atoms with van der Waals surface area (Å²) in [5.41, 5.74) is 6.88. The molecule has 0 spiro atoms. The van der Waals surface area contributed by atoms with Gasteiger partial charge < -0.3 is 9.80 Å². The zero-order chi connectivity index (χ0) is 22.6. The maximum atomic E-state index is 5.17. The van der Waals surface area contributed by atoms with E-state index in [1.807, 2.05) is 0 Å². The molecule has 1 atom stereocenters. The number of benzene rings is 1. The van der Waals surface area contributed by atoms with Gasteiger partial charge >= 0.3 is 0 Å². The van der Waals surface area contributed by atoms with Gasteiger partial charge in [-0.25, -0.2) is 0 Å². The number of hydrogen-bond acceptors (Lipinski definition) is 5. The Labute approximate surface area is 199 Å². The third kappa shape index (κ3) is 5.22. The fraction of sp³-hybridized carbons (Fsp3) is 0.536. The van der Waals surface area contributed by atoms with Crippen LogP contribution in [0.4, 0.5) is 0 Å². The summed E-state index contributed by atoms with van der Waals surface area (Å²) in [4.78, 5) is 15.5. The second-order valence-corrected chi connectivity index (χ2v) is 10.1. The Balaban J connectivity index is 1.22. The highest BCUT2D eigenvalue weighted by atomic mass is 15.3. The summed E-state index contributed by atoms with van der Waals surface area (Å²) in [6, 6.07) is 11.3. The molecular formula is C28H39N5. The minimum absolute atomic E-state index is 0.279. The number of piperidine rings is 1. The molecule has 3 heterocycles. The van der Waals surface area contributed by atoms with Crippen LogP contribution in [0.3, 0.4) is 0 Å². The fourth-order valence-corrected chi connectivity index (χ4v) is 5.71. The van der Waals surface area contributed by atoms with Gasteiger partial charge in [0.15, 0.2) is 0 Å². The van der Waals surface area contributed by atoms with Crippen molar-refractivity contribution in [2.24, 2.45) is 4.99 Å². The number of aliphatic imine (C=N–C) groups is 1. The zero-order valence-corrected chi connectivity index (χ0v) is 20.4. The van der Waals surface area contributed by atoms with Gasteiger partial charge in [0.1, 0.15) is 0 Å². The van der Waals surface area contributed by atoms with Crippen LogP contribution in [0, 0.1) is 0 Å². The molecule has 5 heteroatoms. The first-order chi connectivity index (χ1) is 16.2. The molecule has 1 aromatic rings. The van der Waals surface area contributed by atoms with Crippen molar-refractivity contribution >= 4 is 5.71 Å². The highest BCUT2D eigenvalue weighted by molar-refractivity contribution is 6.09. The Hall–Kier alpha value is -2.05. The predicted molar refractivity (Wildman–Crippen MR) is 138 cm³/mol.